The van der Waals surface area contributed by atoms with E-state index in [1.165, 1.54) is 27.8 Å². The molecule has 2 heterocycles. The normalized spacial score (nSPS) is 20.2. The standard InChI is InChI=1S/C25H24N2O/c1-3-18-12-14-19(15-13-18)22-16-23-21-10-6-7-11-24(21)28-25(27(23)26-22)20-9-5-4-8-17(20)2/h4-15,23,25H,3,16H2,1-2H3/t23-,25+/m0/s1. The minimum atomic E-state index is -0.200. The highest BCUT2D eigenvalue weighted by molar-refractivity contribution is 6.02. The third-order valence-corrected chi connectivity index (χ3v) is 5.85. The first-order chi connectivity index (χ1) is 13.7. The first-order valence-corrected chi connectivity index (χ1v) is 10.0. The minimum absolute atomic E-state index is 0.200. The Morgan fingerprint density at radius 3 is 2.39 bits per heavy atom. The van der Waals surface area contributed by atoms with Gasteiger partial charge in [-0.2, -0.15) is 5.10 Å². The van der Waals surface area contributed by atoms with E-state index in [1.54, 1.807) is 0 Å². The summed E-state index contributed by atoms with van der Waals surface area (Å²) in [5.41, 5.74) is 7.30. The molecule has 140 valence electrons. The third kappa shape index (κ3) is 2.78. The van der Waals surface area contributed by atoms with Crippen LogP contribution in [-0.2, 0) is 6.42 Å². The molecular weight excluding hydrogens is 344 g/mol. The monoisotopic (exact) mass is 368 g/mol. The first kappa shape index (κ1) is 17.1. The molecule has 2 atom stereocenters. The molecule has 0 N–H and O–H groups in total. The van der Waals surface area contributed by atoms with E-state index in [9.17, 15) is 0 Å². The van der Waals surface area contributed by atoms with Crippen LogP contribution in [-0.4, -0.2) is 10.7 Å². The molecule has 3 aromatic carbocycles. The molecule has 3 aromatic rings. The molecule has 2 aliphatic heterocycles. The summed E-state index contributed by atoms with van der Waals surface area (Å²) in [7, 11) is 0. The van der Waals surface area contributed by atoms with Gasteiger partial charge in [0.1, 0.15) is 5.75 Å². The van der Waals surface area contributed by atoms with Crippen molar-refractivity contribution in [3.63, 3.8) is 0 Å². The number of para-hydroxylation sites is 1. The van der Waals surface area contributed by atoms with Gasteiger partial charge in [0.25, 0.3) is 0 Å². The number of hydrogen-bond donors (Lipinski definition) is 0. The lowest BCUT2D eigenvalue weighted by Crippen LogP contribution is -2.34. The van der Waals surface area contributed by atoms with Crippen LogP contribution in [0.4, 0.5) is 0 Å². The van der Waals surface area contributed by atoms with Crippen molar-refractivity contribution in [2.24, 2.45) is 5.10 Å². The number of aryl methyl sites for hydroxylation is 2. The summed E-state index contributed by atoms with van der Waals surface area (Å²) in [6.45, 7) is 4.32. The molecule has 5 rings (SSSR count). The number of hydrazone groups is 1. The SMILES string of the molecule is CCc1ccc(C2=NN3[C@@H](c4ccccc4C)Oc4ccccc4[C@@H]3C2)cc1. The zero-order chi connectivity index (χ0) is 19.1. The van der Waals surface area contributed by atoms with Crippen molar-refractivity contribution in [1.82, 2.24) is 5.01 Å². The summed E-state index contributed by atoms with van der Waals surface area (Å²) in [6, 6.07) is 25.8. The largest absolute Gasteiger partial charge is 0.464 e. The summed E-state index contributed by atoms with van der Waals surface area (Å²) in [5, 5.41) is 7.22. The lowest BCUT2D eigenvalue weighted by molar-refractivity contribution is -0.0194. The van der Waals surface area contributed by atoms with Crippen LogP contribution in [0.2, 0.25) is 0 Å². The van der Waals surface area contributed by atoms with Crippen LogP contribution in [0.5, 0.6) is 5.75 Å². The van der Waals surface area contributed by atoms with Crippen LogP contribution in [0.15, 0.2) is 77.9 Å². The summed E-state index contributed by atoms with van der Waals surface area (Å²) in [4.78, 5) is 0. The van der Waals surface area contributed by atoms with Gasteiger partial charge in [-0.25, -0.2) is 5.01 Å². The van der Waals surface area contributed by atoms with E-state index in [2.05, 4.69) is 85.6 Å². The molecule has 0 aromatic heterocycles. The van der Waals surface area contributed by atoms with Gasteiger partial charge in [0.2, 0.25) is 6.23 Å². The molecule has 0 bridgehead atoms. The van der Waals surface area contributed by atoms with Gasteiger partial charge < -0.3 is 4.74 Å². The fourth-order valence-corrected chi connectivity index (χ4v) is 4.21. The maximum absolute atomic E-state index is 6.45. The predicted molar refractivity (Wildman–Crippen MR) is 113 cm³/mol. The summed E-state index contributed by atoms with van der Waals surface area (Å²) >= 11 is 0. The number of benzene rings is 3. The average molecular weight is 368 g/mol. The molecule has 0 aliphatic carbocycles. The highest BCUT2D eigenvalue weighted by Crippen LogP contribution is 2.47. The molecule has 0 saturated heterocycles. The summed E-state index contributed by atoms with van der Waals surface area (Å²) in [6.07, 6.45) is 1.75. The van der Waals surface area contributed by atoms with E-state index in [-0.39, 0.29) is 12.3 Å². The van der Waals surface area contributed by atoms with Crippen molar-refractivity contribution in [1.29, 1.82) is 0 Å². The quantitative estimate of drug-likeness (QED) is 0.584. The van der Waals surface area contributed by atoms with Gasteiger partial charge in [0.05, 0.1) is 11.8 Å². The second-order valence-corrected chi connectivity index (χ2v) is 7.56. The molecule has 0 radical (unpaired) electrons. The van der Waals surface area contributed by atoms with Crippen LogP contribution >= 0.6 is 0 Å². The van der Waals surface area contributed by atoms with Crippen LogP contribution in [0, 0.1) is 6.92 Å². The predicted octanol–water partition coefficient (Wildman–Crippen LogP) is 5.80. The molecule has 0 unspecified atom stereocenters. The maximum Gasteiger partial charge on any atom is 0.214 e. The number of ether oxygens (including phenoxy) is 1. The lowest BCUT2D eigenvalue weighted by atomic mass is 9.95. The van der Waals surface area contributed by atoms with Crippen molar-refractivity contribution in [2.45, 2.75) is 39.0 Å². The van der Waals surface area contributed by atoms with E-state index in [1.807, 2.05) is 6.07 Å². The zero-order valence-electron chi connectivity index (χ0n) is 16.3. The Morgan fingerprint density at radius 1 is 0.929 bits per heavy atom. The van der Waals surface area contributed by atoms with E-state index in [4.69, 9.17) is 9.84 Å². The highest BCUT2D eigenvalue weighted by atomic mass is 16.5. The van der Waals surface area contributed by atoms with Crippen molar-refractivity contribution in [3.8, 4) is 5.75 Å². The van der Waals surface area contributed by atoms with Crippen LogP contribution < -0.4 is 4.74 Å². The topological polar surface area (TPSA) is 24.8 Å². The van der Waals surface area contributed by atoms with Crippen LogP contribution in [0.25, 0.3) is 0 Å². The maximum atomic E-state index is 6.45. The molecule has 3 nitrogen and oxygen atoms in total. The van der Waals surface area contributed by atoms with Crippen LogP contribution in [0.3, 0.4) is 0 Å². The van der Waals surface area contributed by atoms with E-state index in [0.717, 1.165) is 24.3 Å². The van der Waals surface area contributed by atoms with Gasteiger partial charge in [0, 0.05) is 17.5 Å². The van der Waals surface area contributed by atoms with Crippen molar-refractivity contribution in [3.05, 3.63) is 101 Å². The average Bonchev–Trinajstić information content (AvgIpc) is 3.19. The lowest BCUT2D eigenvalue weighted by Gasteiger charge is -2.38. The number of hydrogen-bond acceptors (Lipinski definition) is 3. The van der Waals surface area contributed by atoms with E-state index < -0.39 is 0 Å². The Hall–Kier alpha value is -3.07. The molecule has 0 spiro atoms. The van der Waals surface area contributed by atoms with E-state index in [0.29, 0.717) is 0 Å². The Morgan fingerprint density at radius 2 is 1.64 bits per heavy atom. The molecular formula is C25H24N2O. The van der Waals surface area contributed by atoms with Gasteiger partial charge in [-0.05, 0) is 36.1 Å². The molecule has 2 aliphatic rings. The third-order valence-electron chi connectivity index (χ3n) is 5.85. The van der Waals surface area contributed by atoms with Gasteiger partial charge >= 0.3 is 0 Å². The molecule has 0 amide bonds. The van der Waals surface area contributed by atoms with E-state index >= 15 is 0 Å². The Balaban J connectivity index is 1.58. The van der Waals surface area contributed by atoms with Crippen molar-refractivity contribution >= 4 is 5.71 Å². The molecule has 0 saturated carbocycles. The fourth-order valence-electron chi connectivity index (χ4n) is 4.21. The second-order valence-electron chi connectivity index (χ2n) is 7.56. The second kappa shape index (κ2) is 6.83. The molecule has 0 fully saturated rings. The zero-order valence-corrected chi connectivity index (χ0v) is 16.3. The summed E-state index contributed by atoms with van der Waals surface area (Å²) in [5.74, 6) is 0.967. The Bertz CT molecular complexity index is 1040. The van der Waals surface area contributed by atoms with Gasteiger partial charge in [0.15, 0.2) is 0 Å². The summed E-state index contributed by atoms with van der Waals surface area (Å²) < 4.78 is 6.45. The number of rotatable bonds is 3. The van der Waals surface area contributed by atoms with Gasteiger partial charge in [-0.15, -0.1) is 0 Å². The highest BCUT2D eigenvalue weighted by Gasteiger charge is 2.41. The minimum Gasteiger partial charge on any atom is -0.464 e. The van der Waals surface area contributed by atoms with Crippen LogP contribution in [0.1, 0.15) is 53.4 Å². The van der Waals surface area contributed by atoms with Gasteiger partial charge in [-0.3, -0.25) is 0 Å². The Labute approximate surface area is 166 Å². The van der Waals surface area contributed by atoms with Crippen molar-refractivity contribution < 1.29 is 4.74 Å². The fraction of sp³-hybridized carbons (Fsp3) is 0.240. The number of fused-ring (bicyclic) bond motifs is 3. The van der Waals surface area contributed by atoms with Gasteiger partial charge in [-0.1, -0.05) is 73.7 Å². The molecule has 3 heteroatoms. The first-order valence-electron chi connectivity index (χ1n) is 10.0. The smallest absolute Gasteiger partial charge is 0.214 e. The number of nitrogens with zero attached hydrogens (tertiary/aromatic N) is 2. The molecule has 28 heavy (non-hydrogen) atoms. The Kier molecular flexibility index (Phi) is 4.16. The van der Waals surface area contributed by atoms with Crippen molar-refractivity contribution in [2.75, 3.05) is 0 Å².